The Hall–Kier alpha value is -1.22. The van der Waals surface area contributed by atoms with Gasteiger partial charge in [0.2, 0.25) is 11.8 Å². The standard InChI is InChI=1S/C38H64N4O4/c1-25-9-14-38(45-24-25)26(2)35-32(46-38)22-31-29-8-7-27-21-28(10-12-36(27,3)30(29)11-13-37(31,35)4)39-33(43)23-34(44)42-19-17-41(18-20-42)16-15-40(5)6/h25-32,35H,7-24H2,1-6H3,(H,39,43)/t25-,26-,27+,28-,29+,30-,31-,32-,35-,36-,37-,38+/m0/s1. The van der Waals surface area contributed by atoms with Gasteiger partial charge in [0, 0.05) is 57.6 Å². The number of carbonyl (C=O) groups is 2. The lowest BCUT2D eigenvalue weighted by Crippen LogP contribution is -2.56. The van der Waals surface area contributed by atoms with Gasteiger partial charge in [-0.25, -0.2) is 0 Å². The summed E-state index contributed by atoms with van der Waals surface area (Å²) in [5.74, 6) is 4.36. The van der Waals surface area contributed by atoms with Gasteiger partial charge in [0.1, 0.15) is 6.42 Å². The lowest BCUT2D eigenvalue weighted by molar-refractivity contribution is -0.273. The van der Waals surface area contributed by atoms with Crippen molar-refractivity contribution in [3.63, 3.8) is 0 Å². The Morgan fingerprint density at radius 1 is 0.891 bits per heavy atom. The molecule has 1 spiro atoms. The van der Waals surface area contributed by atoms with E-state index in [2.05, 4.69) is 56.9 Å². The fraction of sp³-hybridized carbons (Fsp3) is 0.947. The first-order chi connectivity index (χ1) is 21.9. The van der Waals surface area contributed by atoms with Gasteiger partial charge >= 0.3 is 0 Å². The van der Waals surface area contributed by atoms with Crippen LogP contribution in [0.2, 0.25) is 0 Å². The van der Waals surface area contributed by atoms with Crippen LogP contribution >= 0.6 is 0 Å². The molecule has 46 heavy (non-hydrogen) atoms. The zero-order chi connectivity index (χ0) is 32.4. The van der Waals surface area contributed by atoms with Gasteiger partial charge in [-0.15, -0.1) is 0 Å². The van der Waals surface area contributed by atoms with E-state index in [1.165, 1.54) is 44.9 Å². The number of hydrogen-bond donors (Lipinski definition) is 1. The van der Waals surface area contributed by atoms with Crippen LogP contribution in [0.25, 0.3) is 0 Å². The molecule has 0 aromatic carbocycles. The summed E-state index contributed by atoms with van der Waals surface area (Å²) in [4.78, 5) is 32.6. The fourth-order valence-electron chi connectivity index (χ4n) is 12.5. The molecular weight excluding hydrogens is 576 g/mol. The molecule has 0 unspecified atom stereocenters. The number of hydrogen-bond acceptors (Lipinski definition) is 6. The Bertz CT molecular complexity index is 1130. The summed E-state index contributed by atoms with van der Waals surface area (Å²) in [6.45, 7) is 16.2. The van der Waals surface area contributed by atoms with Crippen LogP contribution in [0.4, 0.5) is 0 Å². The molecule has 1 N–H and O–H groups in total. The minimum absolute atomic E-state index is 0.00469. The quantitative estimate of drug-likeness (QED) is 0.412. The molecule has 8 heteroatoms. The van der Waals surface area contributed by atoms with E-state index < -0.39 is 0 Å². The maximum absolute atomic E-state index is 13.1. The first kappa shape index (κ1) is 33.3. The van der Waals surface area contributed by atoms with Gasteiger partial charge in [0.05, 0.1) is 12.7 Å². The predicted molar refractivity (Wildman–Crippen MR) is 180 cm³/mol. The van der Waals surface area contributed by atoms with E-state index in [4.69, 9.17) is 9.47 Å². The van der Waals surface area contributed by atoms with Crippen molar-refractivity contribution in [2.45, 2.75) is 116 Å². The average molecular weight is 641 g/mol. The van der Waals surface area contributed by atoms with Crippen LogP contribution in [0, 0.1) is 52.3 Å². The Kier molecular flexibility index (Phi) is 9.11. The smallest absolute Gasteiger partial charge is 0.232 e. The maximum Gasteiger partial charge on any atom is 0.232 e. The van der Waals surface area contributed by atoms with Gasteiger partial charge < -0.3 is 24.6 Å². The summed E-state index contributed by atoms with van der Waals surface area (Å²) in [6, 6.07) is 0.209. The van der Waals surface area contributed by atoms with Crippen LogP contribution in [-0.2, 0) is 19.1 Å². The van der Waals surface area contributed by atoms with Crippen molar-refractivity contribution in [2.75, 3.05) is 60.0 Å². The largest absolute Gasteiger partial charge is 0.353 e. The highest BCUT2D eigenvalue weighted by molar-refractivity contribution is 5.97. The van der Waals surface area contributed by atoms with E-state index in [0.717, 1.165) is 82.9 Å². The monoisotopic (exact) mass is 640 g/mol. The van der Waals surface area contributed by atoms with E-state index in [9.17, 15) is 9.59 Å². The number of fused-ring (bicyclic) bond motifs is 7. The molecule has 7 rings (SSSR count). The summed E-state index contributed by atoms with van der Waals surface area (Å²) in [5.41, 5.74) is 0.725. The fourth-order valence-corrected chi connectivity index (χ4v) is 12.5. The second kappa shape index (κ2) is 12.6. The van der Waals surface area contributed by atoms with E-state index in [1.807, 2.05) is 4.90 Å². The number of nitrogens with one attached hydrogen (secondary N) is 1. The number of rotatable bonds is 6. The third-order valence-corrected chi connectivity index (χ3v) is 15.2. The summed E-state index contributed by atoms with van der Waals surface area (Å²) in [5, 5.41) is 3.33. The van der Waals surface area contributed by atoms with E-state index >= 15 is 0 Å². The highest BCUT2D eigenvalue weighted by Gasteiger charge is 2.69. The Balaban J connectivity index is 0.917. The molecule has 8 nitrogen and oxygen atoms in total. The average Bonchev–Trinajstić information content (AvgIpc) is 3.47. The van der Waals surface area contributed by atoms with Crippen LogP contribution in [0.3, 0.4) is 0 Å². The molecule has 3 saturated heterocycles. The van der Waals surface area contributed by atoms with Gasteiger partial charge in [-0.3, -0.25) is 14.5 Å². The summed E-state index contributed by atoms with van der Waals surface area (Å²) in [7, 11) is 4.19. The molecule has 0 aromatic rings. The van der Waals surface area contributed by atoms with Gasteiger partial charge in [-0.05, 0) is 118 Å². The molecule has 2 amide bonds. The number of amides is 2. The van der Waals surface area contributed by atoms with Crippen LogP contribution in [0.5, 0.6) is 0 Å². The molecular formula is C38H64N4O4. The molecule has 0 aromatic heterocycles. The number of nitrogens with zero attached hydrogens (tertiary/aromatic N) is 3. The summed E-state index contributed by atoms with van der Waals surface area (Å²) >= 11 is 0. The molecule has 0 radical (unpaired) electrons. The molecule has 7 fully saturated rings. The lowest BCUT2D eigenvalue weighted by Gasteiger charge is -2.61. The molecule has 7 aliphatic rings. The van der Waals surface area contributed by atoms with Gasteiger partial charge in [-0.1, -0.05) is 27.7 Å². The van der Waals surface area contributed by atoms with Crippen molar-refractivity contribution in [1.29, 1.82) is 0 Å². The third-order valence-electron chi connectivity index (χ3n) is 15.2. The topological polar surface area (TPSA) is 74.3 Å². The second-order valence-electron chi connectivity index (χ2n) is 17.9. The lowest BCUT2D eigenvalue weighted by atomic mass is 9.44. The van der Waals surface area contributed by atoms with E-state index in [-0.39, 0.29) is 30.1 Å². The number of ether oxygens (including phenoxy) is 2. The Labute approximate surface area is 279 Å². The highest BCUT2D eigenvalue weighted by atomic mass is 16.7. The zero-order valence-electron chi connectivity index (χ0n) is 29.9. The first-order valence-electron chi connectivity index (χ1n) is 19.2. The van der Waals surface area contributed by atoms with Crippen LogP contribution in [0.1, 0.15) is 98.3 Å². The Morgan fingerprint density at radius 2 is 1.65 bits per heavy atom. The van der Waals surface area contributed by atoms with Crippen LogP contribution in [-0.4, -0.2) is 104 Å². The summed E-state index contributed by atoms with van der Waals surface area (Å²) < 4.78 is 13.5. The van der Waals surface area contributed by atoms with E-state index in [0.29, 0.717) is 40.6 Å². The zero-order valence-corrected chi connectivity index (χ0v) is 29.9. The molecule has 12 atom stereocenters. The van der Waals surface area contributed by atoms with Gasteiger partial charge in [-0.2, -0.15) is 0 Å². The van der Waals surface area contributed by atoms with E-state index in [1.54, 1.807) is 0 Å². The predicted octanol–water partition coefficient (Wildman–Crippen LogP) is 5.01. The molecule has 3 heterocycles. The van der Waals surface area contributed by atoms with Crippen molar-refractivity contribution in [2.24, 2.45) is 52.3 Å². The molecule has 3 aliphatic heterocycles. The third kappa shape index (κ3) is 5.77. The van der Waals surface area contributed by atoms with Crippen molar-refractivity contribution < 1.29 is 19.1 Å². The van der Waals surface area contributed by atoms with Gasteiger partial charge in [0.15, 0.2) is 5.79 Å². The van der Waals surface area contributed by atoms with Crippen LogP contribution < -0.4 is 5.32 Å². The van der Waals surface area contributed by atoms with Gasteiger partial charge in [0.25, 0.3) is 0 Å². The molecule has 0 bridgehead atoms. The summed E-state index contributed by atoms with van der Waals surface area (Å²) in [6.07, 6.45) is 12.5. The van der Waals surface area contributed by atoms with Crippen molar-refractivity contribution in [3.05, 3.63) is 0 Å². The normalized spacial score (nSPS) is 47.3. The second-order valence-corrected chi connectivity index (χ2v) is 17.9. The molecule has 260 valence electrons. The molecule has 4 aliphatic carbocycles. The Morgan fingerprint density at radius 3 is 2.37 bits per heavy atom. The van der Waals surface area contributed by atoms with Crippen LogP contribution in [0.15, 0.2) is 0 Å². The van der Waals surface area contributed by atoms with Crippen molar-refractivity contribution in [3.8, 4) is 0 Å². The first-order valence-corrected chi connectivity index (χ1v) is 19.2. The minimum atomic E-state index is -0.329. The SMILES string of the molecule is C[C@H]1CC[C@@]2(OC1)O[C@H]1C[C@H]3[C@@H]4CC[C@@H]5C[C@@H](NC(=O)CC(=O)N6CCN(CCN(C)C)CC6)CC[C@]5(C)[C@H]4CC[C@]3(C)[C@H]1[C@@H]2C. The number of piperazine rings is 1. The molecule has 4 saturated carbocycles. The number of carbonyl (C=O) groups excluding carboxylic acids is 2. The van der Waals surface area contributed by atoms with Crippen molar-refractivity contribution in [1.82, 2.24) is 20.0 Å². The highest BCUT2D eigenvalue weighted by Crippen LogP contribution is 2.71. The maximum atomic E-state index is 13.1. The number of likely N-dealkylation sites (N-methyl/N-ethyl adjacent to an activating group) is 1. The minimum Gasteiger partial charge on any atom is -0.353 e. The van der Waals surface area contributed by atoms with Crippen molar-refractivity contribution >= 4 is 11.8 Å².